The van der Waals surface area contributed by atoms with Gasteiger partial charge in [0.25, 0.3) is 0 Å². The van der Waals surface area contributed by atoms with Gasteiger partial charge in [-0.15, -0.1) is 0 Å². The zero-order chi connectivity index (χ0) is 19.3. The highest BCUT2D eigenvalue weighted by molar-refractivity contribution is 5.87. The first-order chi connectivity index (χ1) is 13.8. The minimum Gasteiger partial charge on any atom is -0.385 e. The lowest BCUT2D eigenvalue weighted by Gasteiger charge is -2.36. The van der Waals surface area contributed by atoms with Crippen molar-refractivity contribution in [1.82, 2.24) is 19.7 Å². The summed E-state index contributed by atoms with van der Waals surface area (Å²) in [5.41, 5.74) is 2.12. The average molecular weight is 381 g/mol. The summed E-state index contributed by atoms with van der Waals surface area (Å²) in [4.78, 5) is 14.3. The van der Waals surface area contributed by atoms with Crippen LogP contribution in [0.2, 0.25) is 0 Å². The van der Waals surface area contributed by atoms with E-state index in [9.17, 15) is 0 Å². The molecular formula is C20H27N7O. The number of fused-ring (bicyclic) bond motifs is 1. The third-order valence-electron chi connectivity index (χ3n) is 5.08. The molecule has 0 amide bonds. The van der Waals surface area contributed by atoms with Gasteiger partial charge in [0, 0.05) is 59.2 Å². The fourth-order valence-corrected chi connectivity index (χ4v) is 3.51. The summed E-state index contributed by atoms with van der Waals surface area (Å²) in [5, 5.41) is 8.74. The Morgan fingerprint density at radius 3 is 2.54 bits per heavy atom. The Hall–Kier alpha value is -2.87. The molecular weight excluding hydrogens is 354 g/mol. The van der Waals surface area contributed by atoms with Gasteiger partial charge in [-0.1, -0.05) is 18.2 Å². The maximum absolute atomic E-state index is 5.13. The SMILES string of the molecule is COCCCNc1nc(N2CCN(c3ccccc3)CC2)nc2c1cnn2C. The lowest BCUT2D eigenvalue weighted by Crippen LogP contribution is -2.47. The molecule has 0 saturated carbocycles. The summed E-state index contributed by atoms with van der Waals surface area (Å²) in [6, 6.07) is 10.6. The molecule has 1 aliphatic rings. The maximum Gasteiger partial charge on any atom is 0.229 e. The first kappa shape index (κ1) is 18.5. The molecule has 1 saturated heterocycles. The van der Waals surface area contributed by atoms with E-state index in [1.54, 1.807) is 11.8 Å². The number of hydrogen-bond acceptors (Lipinski definition) is 7. The van der Waals surface area contributed by atoms with Crippen LogP contribution >= 0.6 is 0 Å². The molecule has 0 unspecified atom stereocenters. The summed E-state index contributed by atoms with van der Waals surface area (Å²) in [7, 11) is 3.64. The van der Waals surface area contributed by atoms with Gasteiger partial charge in [-0.05, 0) is 18.6 Å². The van der Waals surface area contributed by atoms with Crippen LogP contribution in [0.25, 0.3) is 11.0 Å². The number of hydrogen-bond donors (Lipinski definition) is 1. The van der Waals surface area contributed by atoms with Gasteiger partial charge in [-0.25, -0.2) is 0 Å². The molecule has 0 spiro atoms. The average Bonchev–Trinajstić information content (AvgIpc) is 3.13. The molecule has 1 aliphatic heterocycles. The van der Waals surface area contributed by atoms with E-state index >= 15 is 0 Å². The molecule has 28 heavy (non-hydrogen) atoms. The molecule has 148 valence electrons. The quantitative estimate of drug-likeness (QED) is 0.629. The predicted octanol–water partition coefficient (Wildman–Crippen LogP) is 2.14. The van der Waals surface area contributed by atoms with Gasteiger partial charge in [-0.2, -0.15) is 15.1 Å². The number of aromatic nitrogens is 4. The largest absolute Gasteiger partial charge is 0.385 e. The Kier molecular flexibility index (Phi) is 5.57. The second-order valence-electron chi connectivity index (χ2n) is 6.96. The lowest BCUT2D eigenvalue weighted by molar-refractivity contribution is 0.198. The fourth-order valence-electron chi connectivity index (χ4n) is 3.51. The first-order valence-electron chi connectivity index (χ1n) is 9.74. The molecule has 8 heteroatoms. The van der Waals surface area contributed by atoms with E-state index < -0.39 is 0 Å². The van der Waals surface area contributed by atoms with Gasteiger partial charge >= 0.3 is 0 Å². The van der Waals surface area contributed by atoms with Crippen molar-refractivity contribution in [2.24, 2.45) is 7.05 Å². The summed E-state index contributed by atoms with van der Waals surface area (Å²) >= 11 is 0. The number of piperazine rings is 1. The van der Waals surface area contributed by atoms with Crippen molar-refractivity contribution in [2.45, 2.75) is 6.42 Å². The molecule has 1 aromatic carbocycles. The van der Waals surface area contributed by atoms with Crippen molar-refractivity contribution in [3.8, 4) is 0 Å². The second kappa shape index (κ2) is 8.43. The highest BCUT2D eigenvalue weighted by atomic mass is 16.5. The van der Waals surface area contributed by atoms with Crippen LogP contribution < -0.4 is 15.1 Å². The van der Waals surface area contributed by atoms with Crippen LogP contribution in [0.15, 0.2) is 36.5 Å². The van der Waals surface area contributed by atoms with Crippen molar-refractivity contribution >= 4 is 28.5 Å². The van der Waals surface area contributed by atoms with Crippen LogP contribution in [-0.2, 0) is 11.8 Å². The molecule has 0 aliphatic carbocycles. The molecule has 0 radical (unpaired) electrons. The van der Waals surface area contributed by atoms with Crippen molar-refractivity contribution in [2.75, 3.05) is 61.6 Å². The van der Waals surface area contributed by atoms with Crippen molar-refractivity contribution < 1.29 is 4.74 Å². The normalized spacial score (nSPS) is 14.6. The number of ether oxygens (including phenoxy) is 1. The van der Waals surface area contributed by atoms with Crippen LogP contribution in [0.5, 0.6) is 0 Å². The number of para-hydroxylation sites is 1. The molecule has 4 rings (SSSR count). The summed E-state index contributed by atoms with van der Waals surface area (Å²) in [5.74, 6) is 1.60. The van der Waals surface area contributed by atoms with Crippen molar-refractivity contribution in [3.63, 3.8) is 0 Å². The maximum atomic E-state index is 5.13. The molecule has 1 N–H and O–H groups in total. The van der Waals surface area contributed by atoms with Crippen molar-refractivity contribution in [3.05, 3.63) is 36.5 Å². The number of nitrogens with zero attached hydrogens (tertiary/aromatic N) is 6. The van der Waals surface area contributed by atoms with E-state index in [1.165, 1.54) is 5.69 Å². The number of nitrogens with one attached hydrogen (secondary N) is 1. The second-order valence-corrected chi connectivity index (χ2v) is 6.96. The van der Waals surface area contributed by atoms with E-state index in [0.29, 0.717) is 0 Å². The van der Waals surface area contributed by atoms with E-state index in [1.807, 2.05) is 13.2 Å². The Morgan fingerprint density at radius 1 is 1.04 bits per heavy atom. The highest BCUT2D eigenvalue weighted by Gasteiger charge is 2.21. The Bertz CT molecular complexity index is 904. The van der Waals surface area contributed by atoms with Gasteiger partial charge in [-0.3, -0.25) is 4.68 Å². The van der Waals surface area contributed by atoms with E-state index in [0.717, 1.165) is 68.6 Å². The Labute approximate surface area is 165 Å². The van der Waals surface area contributed by atoms with Crippen LogP contribution in [0.4, 0.5) is 17.5 Å². The molecule has 0 atom stereocenters. The Morgan fingerprint density at radius 2 is 1.79 bits per heavy atom. The monoisotopic (exact) mass is 381 g/mol. The summed E-state index contributed by atoms with van der Waals surface area (Å²) in [6.45, 7) is 5.21. The topological polar surface area (TPSA) is 71.3 Å². The first-order valence-corrected chi connectivity index (χ1v) is 9.74. The van der Waals surface area contributed by atoms with E-state index in [2.05, 4.69) is 50.5 Å². The van der Waals surface area contributed by atoms with E-state index in [-0.39, 0.29) is 0 Å². The summed E-state index contributed by atoms with van der Waals surface area (Å²) < 4.78 is 6.94. The van der Waals surface area contributed by atoms with Gasteiger partial charge in [0.1, 0.15) is 5.82 Å². The van der Waals surface area contributed by atoms with Crippen molar-refractivity contribution in [1.29, 1.82) is 0 Å². The number of rotatable bonds is 7. The lowest BCUT2D eigenvalue weighted by atomic mass is 10.2. The third kappa shape index (κ3) is 3.87. The molecule has 1 fully saturated rings. The number of methoxy groups -OCH3 is 1. The standard InChI is InChI=1S/C20H27N7O/c1-25-19-17(15-22-25)18(21-9-6-14-28-2)23-20(24-19)27-12-10-26(11-13-27)16-7-4-3-5-8-16/h3-5,7-8,15H,6,9-14H2,1-2H3,(H,21,23,24). The van der Waals surface area contributed by atoms with Crippen LogP contribution in [-0.4, -0.2) is 66.2 Å². The summed E-state index contributed by atoms with van der Waals surface area (Å²) in [6.07, 6.45) is 2.75. The predicted molar refractivity (Wildman–Crippen MR) is 112 cm³/mol. The minimum absolute atomic E-state index is 0.725. The number of anilines is 3. The van der Waals surface area contributed by atoms with E-state index in [4.69, 9.17) is 14.7 Å². The Balaban J connectivity index is 1.51. The molecule has 3 aromatic rings. The van der Waals surface area contributed by atoms with Gasteiger partial charge in [0.05, 0.1) is 11.6 Å². The third-order valence-corrected chi connectivity index (χ3v) is 5.08. The molecule has 0 bridgehead atoms. The zero-order valence-corrected chi connectivity index (χ0v) is 16.5. The molecule has 2 aromatic heterocycles. The number of aryl methyl sites for hydroxylation is 1. The van der Waals surface area contributed by atoms with Gasteiger partial charge in [0.2, 0.25) is 5.95 Å². The van der Waals surface area contributed by atoms with Crippen LogP contribution in [0.1, 0.15) is 6.42 Å². The van der Waals surface area contributed by atoms with Gasteiger partial charge < -0.3 is 19.9 Å². The fraction of sp³-hybridized carbons (Fsp3) is 0.450. The number of benzene rings is 1. The highest BCUT2D eigenvalue weighted by Crippen LogP contribution is 2.24. The molecule has 3 heterocycles. The minimum atomic E-state index is 0.725. The zero-order valence-electron chi connectivity index (χ0n) is 16.5. The van der Waals surface area contributed by atoms with Crippen LogP contribution in [0.3, 0.4) is 0 Å². The smallest absolute Gasteiger partial charge is 0.229 e. The van der Waals surface area contributed by atoms with Crippen LogP contribution in [0, 0.1) is 0 Å². The van der Waals surface area contributed by atoms with Gasteiger partial charge in [0.15, 0.2) is 5.65 Å². The molecule has 8 nitrogen and oxygen atoms in total.